The summed E-state index contributed by atoms with van der Waals surface area (Å²) in [6.45, 7) is 3.84. The van der Waals surface area contributed by atoms with Crippen LogP contribution in [0.1, 0.15) is 35.6 Å². The molecule has 0 aliphatic carbocycles. The topological polar surface area (TPSA) is 73.6 Å². The van der Waals surface area contributed by atoms with E-state index in [1.165, 1.54) is 6.07 Å². The normalized spacial score (nSPS) is 12.6. The van der Waals surface area contributed by atoms with Crippen molar-refractivity contribution >= 4 is 17.3 Å². The number of aromatic nitrogens is 2. The van der Waals surface area contributed by atoms with Crippen molar-refractivity contribution in [2.45, 2.75) is 32.8 Å². The van der Waals surface area contributed by atoms with E-state index in [1.807, 2.05) is 26.0 Å². The van der Waals surface area contributed by atoms with Crippen LogP contribution in [-0.2, 0) is 12.8 Å². The van der Waals surface area contributed by atoms with Crippen LogP contribution in [0.3, 0.4) is 0 Å². The molecule has 0 radical (unpaired) electrons. The van der Waals surface area contributed by atoms with Crippen LogP contribution in [0.2, 0.25) is 0 Å². The number of carboxylic acids is 1. The van der Waals surface area contributed by atoms with Crippen molar-refractivity contribution in [1.82, 2.24) is 9.55 Å². The van der Waals surface area contributed by atoms with Gasteiger partial charge in [0.05, 0.1) is 29.5 Å². The minimum Gasteiger partial charge on any atom is -0.493 e. The molecular formula is C20H19FN2O4S. The van der Waals surface area contributed by atoms with Crippen LogP contribution >= 0.6 is 11.3 Å². The number of carbonyl (C=O) groups is 1. The second-order valence-electron chi connectivity index (χ2n) is 6.77. The SMILES string of the molecule is COc1cc2c(cc1OC(C)C)-n1c(-c3ccc(F)s3)nc(C(=O)O)c1CC2. The summed E-state index contributed by atoms with van der Waals surface area (Å²) >= 11 is 0.937. The number of aryl methyl sites for hydroxylation is 1. The molecule has 0 saturated carbocycles. The molecule has 0 atom stereocenters. The van der Waals surface area contributed by atoms with Gasteiger partial charge in [0.15, 0.2) is 28.1 Å². The first-order valence-corrected chi connectivity index (χ1v) is 9.69. The second kappa shape index (κ2) is 6.94. The molecule has 0 unspecified atom stereocenters. The molecule has 1 aliphatic rings. The van der Waals surface area contributed by atoms with Crippen molar-refractivity contribution in [3.05, 3.63) is 46.3 Å². The largest absolute Gasteiger partial charge is 0.493 e. The molecule has 6 nitrogen and oxygen atoms in total. The zero-order chi connectivity index (χ0) is 20.0. The third-order valence-corrected chi connectivity index (χ3v) is 5.44. The number of hydrogen-bond donors (Lipinski definition) is 1. The van der Waals surface area contributed by atoms with Gasteiger partial charge in [0, 0.05) is 6.07 Å². The fraction of sp³-hybridized carbons (Fsp3) is 0.300. The molecule has 0 amide bonds. The molecule has 146 valence electrons. The summed E-state index contributed by atoms with van der Waals surface area (Å²) in [5.74, 6) is 0.515. The van der Waals surface area contributed by atoms with Crippen LogP contribution in [0, 0.1) is 5.13 Å². The van der Waals surface area contributed by atoms with Crippen molar-refractivity contribution < 1.29 is 23.8 Å². The molecule has 28 heavy (non-hydrogen) atoms. The number of hydrogen-bond acceptors (Lipinski definition) is 5. The molecular weight excluding hydrogens is 383 g/mol. The molecule has 4 rings (SSSR count). The summed E-state index contributed by atoms with van der Waals surface area (Å²) in [5, 5.41) is 9.27. The second-order valence-corrected chi connectivity index (χ2v) is 7.81. The Hall–Kier alpha value is -2.87. The molecule has 3 heterocycles. The average Bonchev–Trinajstić information content (AvgIpc) is 3.24. The third kappa shape index (κ3) is 3.03. The van der Waals surface area contributed by atoms with Crippen molar-refractivity contribution in [3.8, 4) is 27.9 Å². The van der Waals surface area contributed by atoms with E-state index in [0.717, 1.165) is 22.6 Å². The number of nitrogens with zero attached hydrogens (tertiary/aromatic N) is 2. The van der Waals surface area contributed by atoms with Gasteiger partial charge in [-0.05, 0) is 50.5 Å². The number of carboxylic acid groups (broad SMARTS) is 1. The Morgan fingerprint density at radius 1 is 1.29 bits per heavy atom. The van der Waals surface area contributed by atoms with Gasteiger partial charge in [0.1, 0.15) is 0 Å². The zero-order valence-corrected chi connectivity index (χ0v) is 16.5. The zero-order valence-electron chi connectivity index (χ0n) is 15.7. The van der Waals surface area contributed by atoms with Crippen molar-refractivity contribution in [3.63, 3.8) is 0 Å². The Balaban J connectivity index is 1.97. The summed E-state index contributed by atoms with van der Waals surface area (Å²) in [5.41, 5.74) is 2.37. The predicted octanol–water partition coefficient (Wildman–Crippen LogP) is 4.33. The number of methoxy groups -OCH3 is 1. The first-order valence-electron chi connectivity index (χ1n) is 8.87. The highest BCUT2D eigenvalue weighted by Crippen LogP contribution is 2.40. The van der Waals surface area contributed by atoms with Crippen LogP contribution < -0.4 is 9.47 Å². The molecule has 2 aromatic heterocycles. The van der Waals surface area contributed by atoms with Crippen LogP contribution in [0.4, 0.5) is 4.39 Å². The van der Waals surface area contributed by atoms with Crippen molar-refractivity contribution in [1.29, 1.82) is 0 Å². The molecule has 8 heteroatoms. The number of thiophene rings is 1. The number of benzene rings is 1. The lowest BCUT2D eigenvalue weighted by Crippen LogP contribution is -2.16. The summed E-state index contributed by atoms with van der Waals surface area (Å²) in [7, 11) is 1.59. The molecule has 0 fully saturated rings. The van der Waals surface area contributed by atoms with Crippen molar-refractivity contribution in [2.24, 2.45) is 0 Å². The minimum atomic E-state index is -1.09. The monoisotopic (exact) mass is 402 g/mol. The van der Waals surface area contributed by atoms with Gasteiger partial charge >= 0.3 is 5.97 Å². The standard InChI is InChI=1S/C20H19FN2O4S/c1-10(2)27-15-9-13-11(8-14(15)26-3)4-5-12-18(20(24)25)22-19(23(12)13)16-6-7-17(21)28-16/h6-10H,4-5H2,1-3H3,(H,24,25). The van der Waals surface area contributed by atoms with Gasteiger partial charge in [-0.3, -0.25) is 4.57 Å². The maximum absolute atomic E-state index is 13.6. The fourth-order valence-electron chi connectivity index (χ4n) is 3.47. The van der Waals surface area contributed by atoms with Crippen LogP contribution in [0.25, 0.3) is 16.4 Å². The Morgan fingerprint density at radius 2 is 2.07 bits per heavy atom. The van der Waals surface area contributed by atoms with E-state index >= 15 is 0 Å². The van der Waals surface area contributed by atoms with Crippen LogP contribution in [0.5, 0.6) is 11.5 Å². The lowest BCUT2D eigenvalue weighted by atomic mass is 9.99. The number of halogens is 1. The predicted molar refractivity (Wildman–Crippen MR) is 104 cm³/mol. The summed E-state index contributed by atoms with van der Waals surface area (Å²) in [6.07, 6.45) is 1.11. The lowest BCUT2D eigenvalue weighted by molar-refractivity contribution is 0.0689. The highest BCUT2D eigenvalue weighted by molar-refractivity contribution is 7.13. The maximum Gasteiger partial charge on any atom is 0.356 e. The summed E-state index contributed by atoms with van der Waals surface area (Å²) in [6, 6.07) is 6.73. The smallest absolute Gasteiger partial charge is 0.356 e. The van der Waals surface area contributed by atoms with E-state index in [-0.39, 0.29) is 16.9 Å². The Bertz CT molecular complexity index is 1070. The van der Waals surface area contributed by atoms with Crippen LogP contribution in [-0.4, -0.2) is 33.8 Å². The molecule has 0 bridgehead atoms. The number of ether oxygens (including phenoxy) is 2. The number of rotatable bonds is 5. The molecule has 3 aromatic rings. The van der Waals surface area contributed by atoms with Gasteiger partial charge in [0.2, 0.25) is 0 Å². The Kier molecular flexibility index (Phi) is 4.58. The first-order chi connectivity index (χ1) is 13.4. The highest BCUT2D eigenvalue weighted by atomic mass is 32.1. The first kappa shape index (κ1) is 18.5. The number of fused-ring (bicyclic) bond motifs is 3. The van der Waals surface area contributed by atoms with Gasteiger partial charge in [-0.15, -0.1) is 11.3 Å². The average molecular weight is 402 g/mol. The summed E-state index contributed by atoms with van der Waals surface area (Å²) in [4.78, 5) is 16.7. The van der Waals surface area contributed by atoms with E-state index in [1.54, 1.807) is 17.7 Å². The quantitative estimate of drug-likeness (QED) is 0.688. The molecule has 0 saturated heterocycles. The number of imidazole rings is 1. The maximum atomic E-state index is 13.6. The van der Waals surface area contributed by atoms with Gasteiger partial charge in [-0.2, -0.15) is 4.39 Å². The lowest BCUT2D eigenvalue weighted by Gasteiger charge is -2.24. The Labute approximate surface area is 165 Å². The highest BCUT2D eigenvalue weighted by Gasteiger charge is 2.30. The molecule has 0 spiro atoms. The van der Waals surface area contributed by atoms with Crippen molar-refractivity contribution in [2.75, 3.05) is 7.11 Å². The van der Waals surface area contributed by atoms with Crippen LogP contribution in [0.15, 0.2) is 24.3 Å². The fourth-order valence-corrected chi connectivity index (χ4v) is 4.18. The number of aromatic carboxylic acids is 1. The van der Waals surface area contributed by atoms with E-state index < -0.39 is 5.97 Å². The van der Waals surface area contributed by atoms with Gasteiger partial charge in [0.25, 0.3) is 0 Å². The van der Waals surface area contributed by atoms with E-state index in [2.05, 4.69) is 4.98 Å². The van der Waals surface area contributed by atoms with E-state index in [4.69, 9.17) is 9.47 Å². The van der Waals surface area contributed by atoms with Gasteiger partial charge in [-0.1, -0.05) is 0 Å². The molecule has 1 aromatic carbocycles. The van der Waals surface area contributed by atoms with Gasteiger partial charge < -0.3 is 14.6 Å². The molecule has 1 aliphatic heterocycles. The summed E-state index contributed by atoms with van der Waals surface area (Å²) < 4.78 is 26.8. The Morgan fingerprint density at radius 3 is 2.68 bits per heavy atom. The minimum absolute atomic E-state index is 0.00314. The third-order valence-electron chi connectivity index (χ3n) is 4.57. The molecule has 1 N–H and O–H groups in total. The van der Waals surface area contributed by atoms with E-state index in [9.17, 15) is 14.3 Å². The van der Waals surface area contributed by atoms with Gasteiger partial charge in [-0.25, -0.2) is 9.78 Å². The van der Waals surface area contributed by atoms with E-state index in [0.29, 0.717) is 40.7 Å².